The van der Waals surface area contributed by atoms with Crippen molar-refractivity contribution in [2.45, 2.75) is 45.7 Å². The summed E-state index contributed by atoms with van der Waals surface area (Å²) in [6.45, 7) is 8.12. The zero-order chi connectivity index (χ0) is 18.1. The number of hydrogen-bond acceptors (Lipinski definition) is 4. The number of fused-ring (bicyclic) bond motifs is 4. The number of carbonyl (C=O) groups is 1. The van der Waals surface area contributed by atoms with E-state index in [2.05, 4.69) is 23.6 Å². The molecule has 1 amide bonds. The van der Waals surface area contributed by atoms with Gasteiger partial charge in [-0.05, 0) is 44.2 Å². The average Bonchev–Trinajstić information content (AvgIpc) is 2.82. The molecular formula is C21H27N3OS. The van der Waals surface area contributed by atoms with E-state index in [0.29, 0.717) is 12.0 Å². The van der Waals surface area contributed by atoms with Crippen molar-refractivity contribution in [1.29, 1.82) is 0 Å². The summed E-state index contributed by atoms with van der Waals surface area (Å²) in [5, 5.41) is 1.16. The molecule has 0 unspecified atom stereocenters. The number of aryl methyl sites for hydroxylation is 2. The molecule has 3 saturated heterocycles. The highest BCUT2D eigenvalue weighted by Gasteiger charge is 2.37. The van der Waals surface area contributed by atoms with Crippen LogP contribution in [0.3, 0.4) is 0 Å². The fourth-order valence-corrected chi connectivity index (χ4v) is 5.45. The van der Waals surface area contributed by atoms with Crippen molar-refractivity contribution in [3.05, 3.63) is 51.5 Å². The van der Waals surface area contributed by atoms with E-state index in [1.54, 1.807) is 0 Å². The van der Waals surface area contributed by atoms with Gasteiger partial charge in [-0.15, -0.1) is 11.3 Å². The van der Waals surface area contributed by atoms with Crippen LogP contribution in [0.4, 0.5) is 0 Å². The molecule has 5 rings (SSSR count). The number of carbonyl (C=O) groups excluding carboxylic acids is 1. The van der Waals surface area contributed by atoms with Crippen molar-refractivity contribution in [2.75, 3.05) is 19.6 Å². The van der Waals surface area contributed by atoms with Gasteiger partial charge >= 0.3 is 0 Å². The first-order valence-corrected chi connectivity index (χ1v) is 10.5. The van der Waals surface area contributed by atoms with Crippen molar-refractivity contribution in [3.8, 4) is 0 Å². The molecule has 2 atom stereocenters. The summed E-state index contributed by atoms with van der Waals surface area (Å²) in [6, 6.07) is 10.2. The number of piperidine rings is 1. The summed E-state index contributed by atoms with van der Waals surface area (Å²) in [6.07, 6.45) is 3.44. The SMILES string of the molecule is CCc1nc(C)sc1CN1C[C@H]2CC[C@@H]1CN(C(=O)c1ccccc1)C2. The van der Waals surface area contributed by atoms with Gasteiger partial charge in [-0.25, -0.2) is 4.98 Å². The quantitative estimate of drug-likeness (QED) is 0.823. The fraction of sp³-hybridized carbons (Fsp3) is 0.524. The van der Waals surface area contributed by atoms with Crippen molar-refractivity contribution >= 4 is 17.2 Å². The second kappa shape index (κ2) is 7.49. The second-order valence-corrected chi connectivity index (χ2v) is 8.85. The Balaban J connectivity index is 1.50. The maximum absolute atomic E-state index is 12.9. The van der Waals surface area contributed by atoms with E-state index in [9.17, 15) is 4.79 Å². The number of nitrogens with zero attached hydrogens (tertiary/aromatic N) is 3. The predicted molar refractivity (Wildman–Crippen MR) is 105 cm³/mol. The van der Waals surface area contributed by atoms with Crippen molar-refractivity contribution < 1.29 is 4.79 Å². The first kappa shape index (κ1) is 17.7. The molecule has 3 aliphatic rings. The van der Waals surface area contributed by atoms with Crippen LogP contribution in [0.5, 0.6) is 0 Å². The molecule has 1 aromatic carbocycles. The molecule has 138 valence electrons. The van der Waals surface area contributed by atoms with Crippen LogP contribution >= 0.6 is 11.3 Å². The third-order valence-corrected chi connectivity index (χ3v) is 6.70. The zero-order valence-corrected chi connectivity index (χ0v) is 16.5. The van der Waals surface area contributed by atoms with Crippen LogP contribution in [-0.2, 0) is 13.0 Å². The number of benzene rings is 1. The molecule has 5 heteroatoms. The van der Waals surface area contributed by atoms with Gasteiger partial charge in [0.2, 0.25) is 0 Å². The van der Waals surface area contributed by atoms with Gasteiger partial charge in [-0.2, -0.15) is 0 Å². The van der Waals surface area contributed by atoms with Crippen LogP contribution in [0.1, 0.15) is 45.7 Å². The molecule has 3 aliphatic heterocycles. The molecule has 3 fully saturated rings. The van der Waals surface area contributed by atoms with Crippen LogP contribution < -0.4 is 0 Å². The molecule has 4 nitrogen and oxygen atoms in total. The Labute approximate surface area is 159 Å². The highest BCUT2D eigenvalue weighted by molar-refractivity contribution is 7.11. The Bertz CT molecular complexity index is 773. The molecule has 0 saturated carbocycles. The topological polar surface area (TPSA) is 36.4 Å². The van der Waals surface area contributed by atoms with Gasteiger partial charge in [0.05, 0.1) is 10.7 Å². The Kier molecular flexibility index (Phi) is 5.09. The molecule has 0 N–H and O–H groups in total. The van der Waals surface area contributed by atoms with Crippen LogP contribution in [0.2, 0.25) is 0 Å². The first-order valence-electron chi connectivity index (χ1n) is 9.67. The molecular weight excluding hydrogens is 342 g/mol. The molecule has 2 bridgehead atoms. The van der Waals surface area contributed by atoms with Crippen LogP contribution in [0.15, 0.2) is 30.3 Å². The summed E-state index contributed by atoms with van der Waals surface area (Å²) < 4.78 is 0. The molecule has 26 heavy (non-hydrogen) atoms. The van der Waals surface area contributed by atoms with Gasteiger partial charge in [0.25, 0.3) is 5.91 Å². The van der Waals surface area contributed by atoms with E-state index < -0.39 is 0 Å². The first-order chi connectivity index (χ1) is 12.6. The van der Waals surface area contributed by atoms with E-state index in [-0.39, 0.29) is 5.91 Å². The molecule has 2 aromatic rings. The molecule has 1 aromatic heterocycles. The summed E-state index contributed by atoms with van der Waals surface area (Å²) in [7, 11) is 0. The monoisotopic (exact) mass is 369 g/mol. The van der Waals surface area contributed by atoms with E-state index in [0.717, 1.165) is 43.2 Å². The zero-order valence-electron chi connectivity index (χ0n) is 15.6. The van der Waals surface area contributed by atoms with Crippen molar-refractivity contribution in [1.82, 2.24) is 14.8 Å². The smallest absolute Gasteiger partial charge is 0.253 e. The normalized spacial score (nSPS) is 23.2. The van der Waals surface area contributed by atoms with Crippen LogP contribution in [-0.4, -0.2) is 46.4 Å². The van der Waals surface area contributed by atoms with Crippen LogP contribution in [0, 0.1) is 12.8 Å². The summed E-state index contributed by atoms with van der Waals surface area (Å²) in [4.78, 5) is 23.7. The van der Waals surface area contributed by atoms with E-state index in [1.807, 2.05) is 41.7 Å². The summed E-state index contributed by atoms with van der Waals surface area (Å²) in [5.41, 5.74) is 2.07. The van der Waals surface area contributed by atoms with Crippen LogP contribution in [0.25, 0.3) is 0 Å². The average molecular weight is 370 g/mol. The van der Waals surface area contributed by atoms with E-state index in [1.165, 1.54) is 23.4 Å². The molecule has 0 radical (unpaired) electrons. The molecule has 0 spiro atoms. The van der Waals surface area contributed by atoms with Gasteiger partial charge in [0.1, 0.15) is 0 Å². The van der Waals surface area contributed by atoms with E-state index >= 15 is 0 Å². The number of rotatable bonds is 4. The lowest BCUT2D eigenvalue weighted by Crippen LogP contribution is -2.43. The standard InChI is InChI=1S/C21H27N3OS/c1-3-19-20(26-15(2)22-19)14-23-11-16-9-10-18(23)13-24(12-16)21(25)17-7-5-4-6-8-17/h4-8,16,18H,3,9-14H2,1-2H3/t16-,18-/m1/s1. The highest BCUT2D eigenvalue weighted by atomic mass is 32.1. The van der Waals surface area contributed by atoms with Gasteiger partial charge in [0.15, 0.2) is 0 Å². The Morgan fingerprint density at radius 3 is 2.77 bits per heavy atom. The lowest BCUT2D eigenvalue weighted by Gasteiger charge is -2.35. The highest BCUT2D eigenvalue weighted by Crippen LogP contribution is 2.31. The van der Waals surface area contributed by atoms with Crippen molar-refractivity contribution in [3.63, 3.8) is 0 Å². The van der Waals surface area contributed by atoms with Gasteiger partial charge in [-0.1, -0.05) is 25.1 Å². The Morgan fingerprint density at radius 1 is 1.19 bits per heavy atom. The fourth-order valence-electron chi connectivity index (χ4n) is 4.40. The Morgan fingerprint density at radius 2 is 2.00 bits per heavy atom. The number of aromatic nitrogens is 1. The minimum Gasteiger partial charge on any atom is -0.337 e. The van der Waals surface area contributed by atoms with Gasteiger partial charge in [0, 0.05) is 42.7 Å². The van der Waals surface area contributed by atoms with E-state index in [4.69, 9.17) is 4.98 Å². The maximum atomic E-state index is 12.9. The minimum absolute atomic E-state index is 0.187. The lowest BCUT2D eigenvalue weighted by atomic mass is 9.95. The lowest BCUT2D eigenvalue weighted by molar-refractivity contribution is 0.0736. The third kappa shape index (κ3) is 3.55. The summed E-state index contributed by atoms with van der Waals surface area (Å²) in [5.74, 6) is 0.771. The van der Waals surface area contributed by atoms with Crippen molar-refractivity contribution in [2.24, 2.45) is 5.92 Å². The predicted octanol–water partition coefficient (Wildman–Crippen LogP) is 3.75. The summed E-state index contributed by atoms with van der Waals surface area (Å²) >= 11 is 1.84. The number of thiazole rings is 1. The maximum Gasteiger partial charge on any atom is 0.253 e. The van der Waals surface area contributed by atoms with Gasteiger partial charge < -0.3 is 4.90 Å². The Hall–Kier alpha value is -1.72. The molecule has 0 aliphatic carbocycles. The largest absolute Gasteiger partial charge is 0.337 e. The van der Waals surface area contributed by atoms with Gasteiger partial charge in [-0.3, -0.25) is 9.69 Å². The third-order valence-electron chi connectivity index (χ3n) is 5.70. The molecule has 4 heterocycles. The second-order valence-electron chi connectivity index (χ2n) is 7.56. The number of amides is 1. The number of hydrogen-bond donors (Lipinski definition) is 0. The minimum atomic E-state index is 0.187.